The lowest BCUT2D eigenvalue weighted by molar-refractivity contribution is -0.151. The number of aliphatic hydroxyl groups excluding tert-OH is 2. The van der Waals surface area contributed by atoms with E-state index in [0.717, 1.165) is 22.3 Å². The molecule has 5 aliphatic rings. The van der Waals surface area contributed by atoms with E-state index in [4.69, 9.17) is 35.3 Å². The van der Waals surface area contributed by atoms with Crippen LogP contribution in [0.2, 0.25) is 0 Å². The molecular formula is C65H67ClN2O14. The molecule has 428 valence electrons. The van der Waals surface area contributed by atoms with E-state index >= 15 is 0 Å². The molecule has 0 unspecified atom stereocenters. The number of amides is 3. The molecule has 10 rings (SSSR count). The molecule has 5 aliphatic heterocycles. The SMILES string of the molecule is CC(C)(C)OC(=O)N[C@@H](Cc1ccccc1)[C@@H]1CC=CC(=O)O1.O=C1C=CC[C@H]([C@H](Cc2ccccc2)N2C(=O)c3ccccc3C2=O)O1.O=C1C=CC[C@H]([C@H](O)Cc2ccccc2)O1.O=C1C=CC[C@H]([C@H](O)[C@H](Cl)c2ccccc2)O1. The summed E-state index contributed by atoms with van der Waals surface area (Å²) in [5, 5.41) is 22.3. The summed E-state index contributed by atoms with van der Waals surface area (Å²) in [6.45, 7) is 5.42. The van der Waals surface area contributed by atoms with Crippen molar-refractivity contribution in [1.82, 2.24) is 10.2 Å². The number of nitrogens with one attached hydrogen (secondary N) is 1. The van der Waals surface area contributed by atoms with Crippen molar-refractivity contribution in [2.75, 3.05) is 0 Å². The third kappa shape index (κ3) is 18.3. The number of hydrogen-bond donors (Lipinski definition) is 3. The zero-order valence-electron chi connectivity index (χ0n) is 45.7. The second kappa shape index (κ2) is 29.9. The van der Waals surface area contributed by atoms with Crippen molar-refractivity contribution in [1.29, 1.82) is 0 Å². The highest BCUT2D eigenvalue weighted by molar-refractivity contribution is 6.22. The van der Waals surface area contributed by atoms with Crippen LogP contribution in [-0.2, 0) is 62.1 Å². The van der Waals surface area contributed by atoms with Gasteiger partial charge in [-0.3, -0.25) is 14.5 Å². The Morgan fingerprint density at radius 3 is 1.39 bits per heavy atom. The molecule has 0 radical (unpaired) electrons. The minimum Gasteiger partial charge on any atom is -0.457 e. The summed E-state index contributed by atoms with van der Waals surface area (Å²) >= 11 is 6.17. The summed E-state index contributed by atoms with van der Waals surface area (Å²) in [5.41, 5.74) is 4.10. The molecular weight excluding hydrogens is 1070 g/mol. The van der Waals surface area contributed by atoms with Gasteiger partial charge >= 0.3 is 30.0 Å². The number of fused-ring (bicyclic) bond motifs is 1. The molecule has 5 heterocycles. The van der Waals surface area contributed by atoms with Gasteiger partial charge in [-0.25, -0.2) is 24.0 Å². The van der Waals surface area contributed by atoms with Gasteiger partial charge in [-0.1, -0.05) is 158 Å². The van der Waals surface area contributed by atoms with Crippen molar-refractivity contribution in [2.24, 2.45) is 0 Å². The summed E-state index contributed by atoms with van der Waals surface area (Å²) in [5.74, 6) is -2.31. The molecule has 0 aliphatic carbocycles. The second-order valence-corrected chi connectivity index (χ2v) is 21.2. The number of halogens is 1. The van der Waals surface area contributed by atoms with Crippen molar-refractivity contribution in [3.63, 3.8) is 0 Å². The fraction of sp³-hybridized carbons (Fsp3) is 0.308. The van der Waals surface area contributed by atoms with Crippen LogP contribution in [0.25, 0.3) is 0 Å². The van der Waals surface area contributed by atoms with E-state index in [1.807, 2.05) is 142 Å². The molecule has 17 heteroatoms. The minimum atomic E-state index is -0.909. The lowest BCUT2D eigenvalue weighted by Gasteiger charge is -2.33. The first-order valence-electron chi connectivity index (χ1n) is 27.0. The Morgan fingerprint density at radius 1 is 0.537 bits per heavy atom. The monoisotopic (exact) mass is 1130 g/mol. The van der Waals surface area contributed by atoms with E-state index in [2.05, 4.69) is 5.32 Å². The highest BCUT2D eigenvalue weighted by atomic mass is 35.5. The van der Waals surface area contributed by atoms with Crippen LogP contribution < -0.4 is 5.32 Å². The van der Waals surface area contributed by atoms with E-state index in [1.54, 1.807) is 48.6 Å². The van der Waals surface area contributed by atoms with Gasteiger partial charge in [0.2, 0.25) is 0 Å². The van der Waals surface area contributed by atoms with Crippen LogP contribution in [0, 0.1) is 0 Å². The van der Waals surface area contributed by atoms with Gasteiger partial charge in [-0.15, -0.1) is 11.6 Å². The largest absolute Gasteiger partial charge is 0.457 e. The first-order chi connectivity index (χ1) is 39.4. The van der Waals surface area contributed by atoms with Crippen LogP contribution in [0.3, 0.4) is 0 Å². The Bertz CT molecular complexity index is 3050. The van der Waals surface area contributed by atoms with Crippen LogP contribution in [0.4, 0.5) is 4.79 Å². The van der Waals surface area contributed by atoms with E-state index in [-0.39, 0.29) is 29.8 Å². The number of carbonyl (C=O) groups excluding carboxylic acids is 7. The summed E-state index contributed by atoms with van der Waals surface area (Å²) in [6.07, 6.45) is 12.0. The highest BCUT2D eigenvalue weighted by Crippen LogP contribution is 2.31. The standard InChI is InChI=1S/C21H17NO4.C18H23NO4.C13H13ClO3.C13H14O3/c23-19-12-6-11-18(26-19)17(13-14-7-2-1-3-8-14)22-20(24)15-9-4-5-10-16(15)21(22)25;1-18(2,3)23-17(21)19-14(12-13-8-5-4-6-9-13)15-10-7-11-16(20)22-15;14-12(9-5-2-1-3-6-9)13(16)10-7-4-8-11(15)17-10;14-11(9-10-5-2-1-3-6-10)12-7-4-8-13(15)16-12/h1-10,12,17-18H,11,13H2;4-9,11,14-15H,10,12H2,1-3H3,(H,19,21);1-6,8,10,12-13,16H,7H2;1-6,8,11-12,14H,7,9H2/t17-,18+;14-,15-;10-,12-,13+;11-,12-/m0011/s1. The molecule has 0 spiro atoms. The number of hydrogen-bond acceptors (Lipinski definition) is 14. The Kier molecular flexibility index (Phi) is 22.3. The molecule has 3 amide bonds. The van der Waals surface area contributed by atoms with Crippen molar-refractivity contribution in [3.8, 4) is 0 Å². The zero-order valence-corrected chi connectivity index (χ0v) is 46.5. The number of nitrogens with zero attached hydrogens (tertiary/aromatic N) is 1. The van der Waals surface area contributed by atoms with E-state index in [0.29, 0.717) is 56.1 Å². The summed E-state index contributed by atoms with van der Waals surface area (Å²) in [6, 6.07) is 44.2. The first-order valence-corrected chi connectivity index (χ1v) is 27.5. The number of cyclic esters (lactones) is 4. The number of carbonyl (C=O) groups is 7. The van der Waals surface area contributed by atoms with Gasteiger partial charge in [-0.2, -0.15) is 0 Å². The fourth-order valence-corrected chi connectivity index (χ4v) is 9.74. The van der Waals surface area contributed by atoms with Crippen molar-refractivity contribution >= 4 is 53.4 Å². The van der Waals surface area contributed by atoms with Crippen LogP contribution in [0.15, 0.2) is 194 Å². The van der Waals surface area contributed by atoms with E-state index in [1.165, 1.54) is 29.2 Å². The summed E-state index contributed by atoms with van der Waals surface area (Å²) in [7, 11) is 0. The maximum Gasteiger partial charge on any atom is 0.408 e. The zero-order chi connectivity index (χ0) is 58.6. The molecule has 0 saturated carbocycles. The molecule has 5 aromatic carbocycles. The lowest BCUT2D eigenvalue weighted by Crippen LogP contribution is -2.50. The van der Waals surface area contributed by atoms with Crippen LogP contribution >= 0.6 is 11.6 Å². The molecule has 0 bridgehead atoms. The molecule has 82 heavy (non-hydrogen) atoms. The predicted molar refractivity (Wildman–Crippen MR) is 306 cm³/mol. The Morgan fingerprint density at radius 2 is 0.915 bits per heavy atom. The number of esters is 4. The smallest absolute Gasteiger partial charge is 0.408 e. The number of ether oxygens (including phenoxy) is 5. The molecule has 0 aromatic heterocycles. The Hall–Kier alpha value is -8.44. The Balaban J connectivity index is 0.000000161. The quantitative estimate of drug-likeness (QED) is 0.0408. The number of alkyl halides is 1. The van der Waals surface area contributed by atoms with Gasteiger partial charge in [0.05, 0.1) is 34.7 Å². The number of rotatable bonds is 14. The van der Waals surface area contributed by atoms with Crippen LogP contribution in [0.5, 0.6) is 0 Å². The highest BCUT2D eigenvalue weighted by Gasteiger charge is 2.44. The van der Waals surface area contributed by atoms with Crippen LogP contribution in [-0.4, -0.2) is 111 Å². The summed E-state index contributed by atoms with van der Waals surface area (Å²) in [4.78, 5) is 84.5. The molecule has 5 aromatic rings. The average Bonchev–Trinajstić information content (AvgIpc) is 3.95. The Labute approximate surface area is 482 Å². The predicted octanol–water partition coefficient (Wildman–Crippen LogP) is 9.42. The third-order valence-corrected chi connectivity index (χ3v) is 13.9. The first kappa shape index (κ1) is 61.2. The number of aliphatic hydroxyl groups is 2. The average molecular weight is 1140 g/mol. The van der Waals surface area contributed by atoms with Gasteiger partial charge < -0.3 is 39.2 Å². The third-order valence-electron chi connectivity index (χ3n) is 13.4. The van der Waals surface area contributed by atoms with Crippen molar-refractivity contribution in [2.45, 2.75) is 125 Å². The van der Waals surface area contributed by atoms with Gasteiger partial charge in [0, 0.05) is 56.4 Å². The van der Waals surface area contributed by atoms with Crippen molar-refractivity contribution < 1.29 is 67.5 Å². The lowest BCUT2D eigenvalue weighted by atomic mass is 9.96. The maximum atomic E-state index is 12.9. The molecule has 16 nitrogen and oxygen atoms in total. The normalized spacial score (nSPS) is 20.6. The number of alkyl carbamates (subject to hydrolysis) is 1. The maximum absolute atomic E-state index is 12.9. The fourth-order valence-electron chi connectivity index (χ4n) is 9.43. The molecule has 0 saturated heterocycles. The van der Waals surface area contributed by atoms with Gasteiger partial charge in [0.25, 0.3) is 11.8 Å². The minimum absolute atomic E-state index is 0.336. The van der Waals surface area contributed by atoms with Crippen LogP contribution in [0.1, 0.15) is 94.8 Å². The number of imide groups is 1. The second-order valence-electron chi connectivity index (χ2n) is 20.7. The summed E-state index contributed by atoms with van der Waals surface area (Å²) < 4.78 is 26.2. The van der Waals surface area contributed by atoms with Gasteiger partial charge in [0.1, 0.15) is 36.1 Å². The molecule has 9 atom stereocenters. The van der Waals surface area contributed by atoms with Gasteiger partial charge in [-0.05, 0) is 68.0 Å². The molecule has 0 fully saturated rings. The topological polar surface area (TPSA) is 221 Å². The van der Waals surface area contributed by atoms with E-state index in [9.17, 15) is 43.8 Å². The van der Waals surface area contributed by atoms with Crippen molar-refractivity contribution in [3.05, 3.63) is 228 Å². The van der Waals surface area contributed by atoms with E-state index < -0.39 is 71.7 Å². The number of benzene rings is 5. The van der Waals surface area contributed by atoms with Gasteiger partial charge in [0.15, 0.2) is 0 Å². The molecule has 3 N–H and O–H groups in total.